The van der Waals surface area contributed by atoms with Gasteiger partial charge in [-0.3, -0.25) is 14.4 Å². The molecule has 0 aliphatic carbocycles. The summed E-state index contributed by atoms with van der Waals surface area (Å²) in [4.78, 5) is 58.3. The zero-order valence-electron chi connectivity index (χ0n) is 13.9. The van der Waals surface area contributed by atoms with E-state index in [1.54, 1.807) is 0 Å². The Morgan fingerprint density at radius 3 is 2.73 bits per heavy atom. The zero-order valence-corrected chi connectivity index (χ0v) is 14.7. The van der Waals surface area contributed by atoms with Crippen LogP contribution in [0.15, 0.2) is 0 Å². The first kappa shape index (κ1) is 19.8. The van der Waals surface area contributed by atoms with Crippen LogP contribution in [0, 0.1) is 0 Å². The Morgan fingerprint density at radius 2 is 2.08 bits per heavy atom. The van der Waals surface area contributed by atoms with E-state index in [1.807, 2.05) is 0 Å². The molecule has 26 heavy (non-hydrogen) atoms. The molecule has 0 aromatic rings. The first-order chi connectivity index (χ1) is 12.3. The third-order valence-electron chi connectivity index (χ3n) is 3.96. The number of rotatable bonds is 7. The third-order valence-corrected chi connectivity index (χ3v) is 5.38. The minimum atomic E-state index is -1.11. The Bertz CT molecular complexity index is 613. The second-order valence-corrected chi connectivity index (χ2v) is 6.89. The Balaban J connectivity index is 1.82. The smallest absolute Gasteiger partial charge is 0.420 e. The number of carbonyl (C=O) groups excluding carboxylic acids is 4. The van der Waals surface area contributed by atoms with Crippen molar-refractivity contribution in [2.24, 2.45) is 0 Å². The predicted octanol–water partition coefficient (Wildman–Crippen LogP) is -0.498. The minimum Gasteiger partial charge on any atom is -0.481 e. The summed E-state index contributed by atoms with van der Waals surface area (Å²) in [5.41, 5.74) is 0. The van der Waals surface area contributed by atoms with Gasteiger partial charge >= 0.3 is 24.1 Å². The van der Waals surface area contributed by atoms with E-state index >= 15 is 0 Å². The largest absolute Gasteiger partial charge is 0.481 e. The number of urea groups is 1. The fourth-order valence-corrected chi connectivity index (χ4v) is 4.18. The summed E-state index contributed by atoms with van der Waals surface area (Å²) < 4.78 is 9.49. The number of carbonyl (C=O) groups is 5. The van der Waals surface area contributed by atoms with Gasteiger partial charge in [-0.2, -0.15) is 11.8 Å². The number of imide groups is 1. The van der Waals surface area contributed by atoms with Gasteiger partial charge < -0.3 is 25.2 Å². The molecule has 2 aliphatic rings. The number of methoxy groups -OCH3 is 1. The van der Waals surface area contributed by atoms with Crippen molar-refractivity contribution in [3.63, 3.8) is 0 Å². The average Bonchev–Trinajstić information content (AvgIpc) is 3.11. The lowest BCUT2D eigenvalue weighted by Crippen LogP contribution is -2.43. The molecule has 2 saturated heterocycles. The van der Waals surface area contributed by atoms with Crippen molar-refractivity contribution in [2.75, 3.05) is 19.6 Å². The van der Waals surface area contributed by atoms with E-state index in [9.17, 15) is 24.0 Å². The first-order valence-electron chi connectivity index (χ1n) is 7.77. The molecule has 4 amide bonds. The number of amides is 4. The molecule has 2 heterocycles. The van der Waals surface area contributed by atoms with E-state index in [1.165, 1.54) is 18.9 Å². The van der Waals surface area contributed by atoms with E-state index in [0.29, 0.717) is 5.75 Å². The highest BCUT2D eigenvalue weighted by Crippen LogP contribution is 2.36. The van der Waals surface area contributed by atoms with Gasteiger partial charge in [0.1, 0.15) is 0 Å². The Hall–Kier alpha value is -2.50. The highest BCUT2D eigenvalue weighted by atomic mass is 32.2. The van der Waals surface area contributed by atoms with Gasteiger partial charge in [0.2, 0.25) is 5.91 Å². The molecule has 3 unspecified atom stereocenters. The summed E-state index contributed by atoms with van der Waals surface area (Å²) in [5, 5.41) is 13.2. The van der Waals surface area contributed by atoms with Crippen LogP contribution in [0.2, 0.25) is 0 Å². The summed E-state index contributed by atoms with van der Waals surface area (Å²) in [7, 11) is 1.28. The SMILES string of the molecule is COC(=O)CC1SCC2C1NC(=O)N2C(=O)OCNC(=O)CCC(=O)O. The minimum absolute atomic E-state index is 0.116. The Kier molecular flexibility index (Phi) is 6.66. The summed E-state index contributed by atoms with van der Waals surface area (Å²) in [6.45, 7) is -0.475. The van der Waals surface area contributed by atoms with Crippen molar-refractivity contribution in [1.82, 2.24) is 15.5 Å². The number of carboxylic acids is 1. The van der Waals surface area contributed by atoms with E-state index in [4.69, 9.17) is 9.84 Å². The molecule has 2 fully saturated rings. The topological polar surface area (TPSA) is 151 Å². The lowest BCUT2D eigenvalue weighted by molar-refractivity contribution is -0.140. The van der Waals surface area contributed by atoms with Crippen LogP contribution in [0.25, 0.3) is 0 Å². The maximum Gasteiger partial charge on any atom is 0.420 e. The monoisotopic (exact) mass is 389 g/mol. The zero-order chi connectivity index (χ0) is 19.3. The van der Waals surface area contributed by atoms with Crippen molar-refractivity contribution in [3.05, 3.63) is 0 Å². The molecule has 2 rings (SSSR count). The van der Waals surface area contributed by atoms with E-state index < -0.39 is 42.7 Å². The molecule has 144 valence electrons. The second kappa shape index (κ2) is 8.74. The average molecular weight is 389 g/mol. The molecule has 3 N–H and O–H groups in total. The number of carboxylic acid groups (broad SMARTS) is 1. The van der Waals surface area contributed by atoms with Gasteiger partial charge in [-0.05, 0) is 0 Å². The standard InChI is InChI=1S/C14H19N3O8S/c1-24-11(21)4-8-12-7(5-26-8)17(13(22)16-12)14(23)25-6-15-9(18)2-3-10(19)20/h7-8,12H,2-6H2,1H3,(H,15,18)(H,16,22)(H,19,20). The number of hydrogen-bond donors (Lipinski definition) is 3. The van der Waals surface area contributed by atoms with Gasteiger partial charge in [0.15, 0.2) is 6.73 Å². The lowest BCUT2D eigenvalue weighted by Gasteiger charge is -2.19. The van der Waals surface area contributed by atoms with Gasteiger partial charge in [-0.1, -0.05) is 0 Å². The molecule has 2 aliphatic heterocycles. The Labute approximate surface area is 152 Å². The van der Waals surface area contributed by atoms with Gasteiger partial charge in [-0.15, -0.1) is 0 Å². The first-order valence-corrected chi connectivity index (χ1v) is 8.81. The normalized spacial score (nSPS) is 23.8. The van der Waals surface area contributed by atoms with Crippen LogP contribution in [-0.2, 0) is 23.9 Å². The van der Waals surface area contributed by atoms with Crippen molar-refractivity contribution in [1.29, 1.82) is 0 Å². The highest BCUT2D eigenvalue weighted by molar-refractivity contribution is 8.00. The number of nitrogens with zero attached hydrogens (tertiary/aromatic N) is 1. The van der Waals surface area contributed by atoms with Crippen LogP contribution in [0.3, 0.4) is 0 Å². The summed E-state index contributed by atoms with van der Waals surface area (Å²) >= 11 is 1.45. The van der Waals surface area contributed by atoms with Gasteiger partial charge in [0.05, 0.1) is 32.0 Å². The second-order valence-electron chi connectivity index (χ2n) is 5.61. The van der Waals surface area contributed by atoms with Crippen LogP contribution in [-0.4, -0.2) is 76.9 Å². The molecule has 0 aromatic heterocycles. The quantitative estimate of drug-likeness (QED) is 0.297. The van der Waals surface area contributed by atoms with Crippen molar-refractivity contribution < 1.29 is 38.6 Å². The molecule has 0 aromatic carbocycles. The predicted molar refractivity (Wildman–Crippen MR) is 87.2 cm³/mol. The van der Waals surface area contributed by atoms with Gasteiger partial charge in [0.25, 0.3) is 0 Å². The van der Waals surface area contributed by atoms with Crippen molar-refractivity contribution in [2.45, 2.75) is 36.6 Å². The number of thioether (sulfide) groups is 1. The van der Waals surface area contributed by atoms with Crippen LogP contribution in [0.1, 0.15) is 19.3 Å². The van der Waals surface area contributed by atoms with Crippen LogP contribution >= 0.6 is 11.8 Å². The summed E-state index contributed by atoms with van der Waals surface area (Å²) in [5.74, 6) is -1.65. The Morgan fingerprint density at radius 1 is 1.35 bits per heavy atom. The van der Waals surface area contributed by atoms with Gasteiger partial charge in [-0.25, -0.2) is 14.5 Å². The fourth-order valence-electron chi connectivity index (χ4n) is 2.67. The van der Waals surface area contributed by atoms with Crippen LogP contribution < -0.4 is 10.6 Å². The molecule has 12 heteroatoms. The molecule has 0 radical (unpaired) electrons. The molecular formula is C14H19N3O8S. The van der Waals surface area contributed by atoms with Crippen molar-refractivity contribution in [3.8, 4) is 0 Å². The number of nitrogens with one attached hydrogen (secondary N) is 2. The molecule has 0 spiro atoms. The van der Waals surface area contributed by atoms with E-state index in [0.717, 1.165) is 4.90 Å². The lowest BCUT2D eigenvalue weighted by atomic mass is 10.1. The van der Waals surface area contributed by atoms with E-state index in [-0.39, 0.29) is 30.6 Å². The molecule has 0 bridgehead atoms. The fraction of sp³-hybridized carbons (Fsp3) is 0.643. The van der Waals surface area contributed by atoms with Crippen LogP contribution in [0.4, 0.5) is 9.59 Å². The molecule has 3 atom stereocenters. The molecular weight excluding hydrogens is 370 g/mol. The maximum atomic E-state index is 12.1. The van der Waals surface area contributed by atoms with Crippen molar-refractivity contribution >= 4 is 41.7 Å². The van der Waals surface area contributed by atoms with E-state index in [2.05, 4.69) is 15.4 Å². The molecule has 0 saturated carbocycles. The third kappa shape index (κ3) is 4.77. The number of hydrogen-bond acceptors (Lipinski definition) is 8. The van der Waals surface area contributed by atoms with Crippen LogP contribution in [0.5, 0.6) is 0 Å². The summed E-state index contributed by atoms with van der Waals surface area (Å²) in [6, 6.07) is -1.47. The number of esters is 1. The molecule has 11 nitrogen and oxygen atoms in total. The maximum absolute atomic E-state index is 12.1. The summed E-state index contributed by atoms with van der Waals surface area (Å²) in [6.07, 6.45) is -1.39. The van der Waals surface area contributed by atoms with Gasteiger partial charge in [0, 0.05) is 17.4 Å². The highest BCUT2D eigenvalue weighted by Gasteiger charge is 2.51. The number of fused-ring (bicyclic) bond motifs is 1. The number of ether oxygens (including phenoxy) is 2. The number of aliphatic carboxylic acids is 1.